The van der Waals surface area contributed by atoms with Crippen LogP contribution in [-0.4, -0.2) is 37.2 Å². The standard InChI is InChI=1S/C53H102O6/c1-6-7-8-9-10-11-23-28-33-38-43-51(54)57-46-50(59-53(56)45-40-35-30-25-20-16-15-18-22-27-32-37-42-49(4)5)47-58-52(55)44-39-34-29-24-19-14-12-13-17-21-26-31-36-41-48(2)3/h48-50H,6-47H2,1-5H3/t50-/m0/s1. The van der Waals surface area contributed by atoms with Crippen molar-refractivity contribution in [2.75, 3.05) is 13.2 Å². The van der Waals surface area contributed by atoms with Gasteiger partial charge in [0.25, 0.3) is 0 Å². The summed E-state index contributed by atoms with van der Waals surface area (Å²) < 4.78 is 16.8. The second-order valence-electron chi connectivity index (χ2n) is 19.1. The van der Waals surface area contributed by atoms with E-state index in [1.807, 2.05) is 0 Å². The average molecular weight is 835 g/mol. The molecule has 1 atom stereocenters. The first-order chi connectivity index (χ1) is 28.7. The molecular weight excluding hydrogens is 733 g/mol. The molecule has 350 valence electrons. The molecule has 0 saturated heterocycles. The molecule has 0 saturated carbocycles. The minimum atomic E-state index is -0.761. The zero-order valence-corrected chi connectivity index (χ0v) is 40.4. The Labute approximate surface area is 368 Å². The molecule has 0 aromatic heterocycles. The van der Waals surface area contributed by atoms with E-state index in [9.17, 15) is 14.4 Å². The minimum Gasteiger partial charge on any atom is -0.462 e. The number of carbonyl (C=O) groups excluding carboxylic acids is 3. The number of hydrogen-bond donors (Lipinski definition) is 0. The zero-order valence-electron chi connectivity index (χ0n) is 40.4. The number of unbranched alkanes of at least 4 members (excludes halogenated alkanes) is 32. The Morgan fingerprint density at radius 2 is 0.559 bits per heavy atom. The smallest absolute Gasteiger partial charge is 0.306 e. The van der Waals surface area contributed by atoms with Crippen molar-refractivity contribution < 1.29 is 28.6 Å². The lowest BCUT2D eigenvalue weighted by Gasteiger charge is -2.18. The van der Waals surface area contributed by atoms with Crippen LogP contribution in [-0.2, 0) is 28.6 Å². The van der Waals surface area contributed by atoms with E-state index in [2.05, 4.69) is 34.6 Å². The maximum absolute atomic E-state index is 12.8. The van der Waals surface area contributed by atoms with Crippen molar-refractivity contribution in [2.24, 2.45) is 11.8 Å². The highest BCUT2D eigenvalue weighted by Gasteiger charge is 2.19. The van der Waals surface area contributed by atoms with Crippen LogP contribution in [0.1, 0.15) is 291 Å². The first-order valence-corrected chi connectivity index (χ1v) is 26.2. The highest BCUT2D eigenvalue weighted by Crippen LogP contribution is 2.17. The van der Waals surface area contributed by atoms with Crippen molar-refractivity contribution in [3.8, 4) is 0 Å². The molecule has 0 aliphatic rings. The third kappa shape index (κ3) is 47.3. The van der Waals surface area contributed by atoms with Gasteiger partial charge in [0, 0.05) is 19.3 Å². The summed E-state index contributed by atoms with van der Waals surface area (Å²) in [5, 5.41) is 0. The van der Waals surface area contributed by atoms with E-state index >= 15 is 0 Å². The molecule has 59 heavy (non-hydrogen) atoms. The predicted octanol–water partition coefficient (Wildman–Crippen LogP) is 16.9. The molecule has 0 aliphatic heterocycles. The van der Waals surface area contributed by atoms with Crippen LogP contribution in [0.5, 0.6) is 0 Å². The monoisotopic (exact) mass is 835 g/mol. The third-order valence-corrected chi connectivity index (χ3v) is 12.0. The van der Waals surface area contributed by atoms with Gasteiger partial charge in [0.2, 0.25) is 0 Å². The summed E-state index contributed by atoms with van der Waals surface area (Å²) in [6.45, 7) is 11.4. The van der Waals surface area contributed by atoms with Gasteiger partial charge in [-0.15, -0.1) is 0 Å². The number of carbonyl (C=O) groups is 3. The van der Waals surface area contributed by atoms with E-state index in [1.54, 1.807) is 0 Å². The lowest BCUT2D eigenvalue weighted by molar-refractivity contribution is -0.167. The maximum atomic E-state index is 12.8. The molecule has 0 amide bonds. The second-order valence-corrected chi connectivity index (χ2v) is 19.1. The fourth-order valence-electron chi connectivity index (χ4n) is 7.99. The summed E-state index contributed by atoms with van der Waals surface area (Å²) >= 11 is 0. The summed E-state index contributed by atoms with van der Waals surface area (Å²) in [6.07, 6.45) is 46.6. The fraction of sp³-hybridized carbons (Fsp3) is 0.943. The Hall–Kier alpha value is -1.59. The Morgan fingerprint density at radius 3 is 0.831 bits per heavy atom. The van der Waals surface area contributed by atoms with Gasteiger partial charge in [-0.1, -0.05) is 253 Å². The van der Waals surface area contributed by atoms with E-state index < -0.39 is 6.10 Å². The van der Waals surface area contributed by atoms with Crippen LogP contribution in [0.3, 0.4) is 0 Å². The van der Waals surface area contributed by atoms with Crippen LogP contribution in [0.15, 0.2) is 0 Å². The van der Waals surface area contributed by atoms with Crippen molar-refractivity contribution in [2.45, 2.75) is 298 Å². The van der Waals surface area contributed by atoms with Crippen LogP contribution in [0.4, 0.5) is 0 Å². The Bertz CT molecular complexity index is 900. The summed E-state index contributed by atoms with van der Waals surface area (Å²) in [6, 6.07) is 0. The number of esters is 3. The van der Waals surface area contributed by atoms with Crippen LogP contribution in [0, 0.1) is 11.8 Å². The molecule has 0 heterocycles. The SMILES string of the molecule is CCCCCCCCCCCCC(=O)OC[C@@H](COC(=O)CCCCCCCCCCCCCCCC(C)C)OC(=O)CCCCCCCCCCCCCCC(C)C. The molecule has 0 N–H and O–H groups in total. The molecule has 0 rings (SSSR count). The van der Waals surface area contributed by atoms with E-state index in [1.165, 1.54) is 180 Å². The zero-order chi connectivity index (χ0) is 43.3. The molecule has 0 aliphatic carbocycles. The second kappa shape index (κ2) is 45.9. The summed E-state index contributed by atoms with van der Waals surface area (Å²) in [4.78, 5) is 37.9. The first kappa shape index (κ1) is 57.4. The van der Waals surface area contributed by atoms with Crippen LogP contribution in [0.25, 0.3) is 0 Å². The Balaban J connectivity index is 4.28. The first-order valence-electron chi connectivity index (χ1n) is 26.2. The summed E-state index contributed by atoms with van der Waals surface area (Å²) in [5.74, 6) is 0.824. The van der Waals surface area contributed by atoms with Gasteiger partial charge >= 0.3 is 17.9 Å². The highest BCUT2D eigenvalue weighted by atomic mass is 16.6. The van der Waals surface area contributed by atoms with Gasteiger partial charge in [0.1, 0.15) is 13.2 Å². The van der Waals surface area contributed by atoms with E-state index in [-0.39, 0.29) is 31.1 Å². The highest BCUT2D eigenvalue weighted by molar-refractivity contribution is 5.71. The van der Waals surface area contributed by atoms with E-state index in [0.29, 0.717) is 19.3 Å². The van der Waals surface area contributed by atoms with Crippen LogP contribution < -0.4 is 0 Å². The normalized spacial score (nSPS) is 12.1. The quantitative estimate of drug-likeness (QED) is 0.0345. The van der Waals surface area contributed by atoms with Gasteiger partial charge in [0.05, 0.1) is 0 Å². The largest absolute Gasteiger partial charge is 0.462 e. The van der Waals surface area contributed by atoms with Gasteiger partial charge < -0.3 is 14.2 Å². The lowest BCUT2D eigenvalue weighted by atomic mass is 10.0. The Kier molecular flexibility index (Phi) is 44.7. The molecule has 0 radical (unpaired) electrons. The molecule has 0 aromatic carbocycles. The molecule has 0 fully saturated rings. The molecule has 0 aromatic rings. The molecule has 0 unspecified atom stereocenters. The minimum absolute atomic E-state index is 0.0635. The lowest BCUT2D eigenvalue weighted by Crippen LogP contribution is -2.30. The van der Waals surface area contributed by atoms with Crippen LogP contribution in [0.2, 0.25) is 0 Å². The topological polar surface area (TPSA) is 78.9 Å². The van der Waals surface area contributed by atoms with Crippen molar-refractivity contribution in [3.05, 3.63) is 0 Å². The summed E-state index contributed by atoms with van der Waals surface area (Å²) in [7, 11) is 0. The van der Waals surface area contributed by atoms with Gasteiger partial charge in [-0.05, 0) is 31.1 Å². The maximum Gasteiger partial charge on any atom is 0.306 e. The molecule has 6 heteroatoms. The molecular formula is C53H102O6. The summed E-state index contributed by atoms with van der Waals surface area (Å²) in [5.41, 5.74) is 0. The average Bonchev–Trinajstić information content (AvgIpc) is 3.20. The number of rotatable bonds is 47. The Morgan fingerprint density at radius 1 is 0.322 bits per heavy atom. The van der Waals surface area contributed by atoms with Crippen molar-refractivity contribution in [1.82, 2.24) is 0 Å². The van der Waals surface area contributed by atoms with Gasteiger partial charge in [-0.2, -0.15) is 0 Å². The molecule has 6 nitrogen and oxygen atoms in total. The number of ether oxygens (including phenoxy) is 3. The van der Waals surface area contributed by atoms with Crippen LogP contribution >= 0.6 is 0 Å². The van der Waals surface area contributed by atoms with Gasteiger partial charge in [-0.25, -0.2) is 0 Å². The van der Waals surface area contributed by atoms with E-state index in [4.69, 9.17) is 14.2 Å². The van der Waals surface area contributed by atoms with Gasteiger partial charge in [-0.3, -0.25) is 14.4 Å². The molecule has 0 bridgehead atoms. The van der Waals surface area contributed by atoms with Crippen molar-refractivity contribution in [3.63, 3.8) is 0 Å². The number of hydrogen-bond acceptors (Lipinski definition) is 6. The molecule has 0 spiro atoms. The fourth-order valence-corrected chi connectivity index (χ4v) is 7.99. The van der Waals surface area contributed by atoms with Crippen molar-refractivity contribution >= 4 is 17.9 Å². The predicted molar refractivity (Wildman–Crippen MR) is 252 cm³/mol. The van der Waals surface area contributed by atoms with E-state index in [0.717, 1.165) is 69.6 Å². The van der Waals surface area contributed by atoms with Crippen molar-refractivity contribution in [1.29, 1.82) is 0 Å². The third-order valence-electron chi connectivity index (χ3n) is 12.0. The van der Waals surface area contributed by atoms with Gasteiger partial charge in [0.15, 0.2) is 6.10 Å².